The minimum atomic E-state index is -0.402. The molecule has 0 saturated heterocycles. The molecule has 0 bridgehead atoms. The molecule has 0 spiro atoms. The highest BCUT2D eigenvalue weighted by Crippen LogP contribution is 2.28. The Morgan fingerprint density at radius 3 is 2.75 bits per heavy atom. The Morgan fingerprint density at radius 1 is 1.40 bits per heavy atom. The molecule has 2 amide bonds. The summed E-state index contributed by atoms with van der Waals surface area (Å²) in [6.45, 7) is 2.68. The van der Waals surface area contributed by atoms with Crippen molar-refractivity contribution >= 4 is 22.0 Å². The fourth-order valence-corrected chi connectivity index (χ4v) is 2.32. The van der Waals surface area contributed by atoms with E-state index in [2.05, 4.69) is 26.6 Å². The molecule has 0 heterocycles. The van der Waals surface area contributed by atoms with Crippen LogP contribution in [-0.4, -0.2) is 37.4 Å². The van der Waals surface area contributed by atoms with Crippen LogP contribution >= 0.6 is 15.9 Å². The van der Waals surface area contributed by atoms with Crippen molar-refractivity contribution < 1.29 is 14.6 Å². The maximum absolute atomic E-state index is 11.5. The van der Waals surface area contributed by atoms with Crippen LogP contribution in [0.15, 0.2) is 22.7 Å². The highest BCUT2D eigenvalue weighted by atomic mass is 79.9. The van der Waals surface area contributed by atoms with Crippen LogP contribution in [0.5, 0.6) is 5.75 Å². The molecule has 0 aliphatic heterocycles. The van der Waals surface area contributed by atoms with E-state index in [1.54, 1.807) is 14.0 Å². The van der Waals surface area contributed by atoms with Gasteiger partial charge in [-0.1, -0.05) is 12.1 Å². The van der Waals surface area contributed by atoms with E-state index in [4.69, 9.17) is 9.84 Å². The van der Waals surface area contributed by atoms with E-state index in [-0.39, 0.29) is 6.03 Å². The van der Waals surface area contributed by atoms with Gasteiger partial charge in [0.25, 0.3) is 0 Å². The van der Waals surface area contributed by atoms with Gasteiger partial charge in [-0.3, -0.25) is 0 Å². The Labute approximate surface area is 127 Å². The molecule has 0 saturated carbocycles. The molecule has 1 unspecified atom stereocenters. The number of amides is 2. The zero-order chi connectivity index (χ0) is 15.0. The summed E-state index contributed by atoms with van der Waals surface area (Å²) in [7, 11) is 1.62. The molecule has 0 aliphatic carbocycles. The molecule has 0 radical (unpaired) electrons. The Balaban J connectivity index is 2.34. The van der Waals surface area contributed by atoms with E-state index in [0.29, 0.717) is 25.9 Å². The molecule has 3 N–H and O–H groups in total. The lowest BCUT2D eigenvalue weighted by Gasteiger charge is -2.11. The quantitative estimate of drug-likeness (QED) is 0.709. The fourth-order valence-electron chi connectivity index (χ4n) is 1.75. The third-order valence-electron chi connectivity index (χ3n) is 2.78. The SMILES string of the molecule is COc1c(Br)cccc1CCNC(=O)NCCC(C)O. The van der Waals surface area contributed by atoms with E-state index >= 15 is 0 Å². The van der Waals surface area contributed by atoms with Gasteiger partial charge >= 0.3 is 6.03 Å². The first kappa shape index (κ1) is 16.8. The molecule has 1 aromatic carbocycles. The summed E-state index contributed by atoms with van der Waals surface area (Å²) < 4.78 is 6.22. The number of para-hydroxylation sites is 1. The second-order valence-electron chi connectivity index (χ2n) is 4.50. The van der Waals surface area contributed by atoms with E-state index < -0.39 is 6.10 Å². The zero-order valence-corrected chi connectivity index (χ0v) is 13.4. The Hall–Kier alpha value is -1.27. The number of carbonyl (C=O) groups excluding carboxylic acids is 1. The summed E-state index contributed by atoms with van der Waals surface area (Å²) in [4.78, 5) is 11.5. The molecule has 1 aromatic rings. The van der Waals surface area contributed by atoms with Gasteiger partial charge < -0.3 is 20.5 Å². The number of nitrogens with one attached hydrogen (secondary N) is 2. The highest BCUT2D eigenvalue weighted by molar-refractivity contribution is 9.10. The fraction of sp³-hybridized carbons (Fsp3) is 0.500. The molecule has 6 heteroatoms. The molecule has 0 fully saturated rings. The lowest BCUT2D eigenvalue weighted by atomic mass is 10.1. The first-order chi connectivity index (χ1) is 9.54. The zero-order valence-electron chi connectivity index (χ0n) is 11.8. The van der Waals surface area contributed by atoms with Gasteiger partial charge in [0.1, 0.15) is 5.75 Å². The minimum absolute atomic E-state index is 0.223. The lowest BCUT2D eigenvalue weighted by molar-refractivity contribution is 0.183. The maximum atomic E-state index is 11.5. The normalized spacial score (nSPS) is 11.8. The predicted molar refractivity (Wildman–Crippen MR) is 82.1 cm³/mol. The number of ether oxygens (including phenoxy) is 1. The van der Waals surface area contributed by atoms with Gasteiger partial charge in [-0.15, -0.1) is 0 Å². The largest absolute Gasteiger partial charge is 0.495 e. The van der Waals surface area contributed by atoms with Gasteiger partial charge in [0, 0.05) is 13.1 Å². The van der Waals surface area contributed by atoms with Gasteiger partial charge in [-0.05, 0) is 47.3 Å². The van der Waals surface area contributed by atoms with Crippen LogP contribution < -0.4 is 15.4 Å². The molecule has 20 heavy (non-hydrogen) atoms. The van der Waals surface area contributed by atoms with Crippen LogP contribution in [0.1, 0.15) is 18.9 Å². The number of rotatable bonds is 7. The number of hydrogen-bond acceptors (Lipinski definition) is 3. The van der Waals surface area contributed by atoms with Crippen molar-refractivity contribution in [1.29, 1.82) is 0 Å². The standard InChI is InChI=1S/C14H21BrN2O3/c1-10(18)6-8-16-14(19)17-9-7-11-4-3-5-12(15)13(11)20-2/h3-5,10,18H,6-9H2,1-2H3,(H2,16,17,19). The Bertz CT molecular complexity index is 438. The van der Waals surface area contributed by atoms with Crippen molar-refractivity contribution in [1.82, 2.24) is 10.6 Å². The third kappa shape index (κ3) is 5.79. The average Bonchev–Trinajstić information content (AvgIpc) is 2.38. The number of aliphatic hydroxyl groups excluding tert-OH is 1. The molecule has 0 aromatic heterocycles. The summed E-state index contributed by atoms with van der Waals surface area (Å²) >= 11 is 3.43. The van der Waals surface area contributed by atoms with Crippen molar-refractivity contribution in [3.8, 4) is 5.75 Å². The number of urea groups is 1. The molecule has 5 nitrogen and oxygen atoms in total. The summed E-state index contributed by atoms with van der Waals surface area (Å²) in [5, 5.41) is 14.5. The van der Waals surface area contributed by atoms with E-state index in [0.717, 1.165) is 15.8 Å². The van der Waals surface area contributed by atoms with Gasteiger partial charge in [-0.2, -0.15) is 0 Å². The average molecular weight is 345 g/mol. The number of hydrogen-bond donors (Lipinski definition) is 3. The van der Waals surface area contributed by atoms with Crippen LogP contribution in [0.25, 0.3) is 0 Å². The number of methoxy groups -OCH3 is 1. The van der Waals surface area contributed by atoms with Crippen molar-refractivity contribution in [3.63, 3.8) is 0 Å². The first-order valence-electron chi connectivity index (χ1n) is 6.55. The lowest BCUT2D eigenvalue weighted by Crippen LogP contribution is -2.37. The van der Waals surface area contributed by atoms with Crippen molar-refractivity contribution in [2.45, 2.75) is 25.9 Å². The number of carbonyl (C=O) groups is 1. The topological polar surface area (TPSA) is 70.6 Å². The van der Waals surface area contributed by atoms with E-state index in [1.165, 1.54) is 0 Å². The molecule has 112 valence electrons. The molecular formula is C14H21BrN2O3. The molecule has 1 atom stereocenters. The maximum Gasteiger partial charge on any atom is 0.314 e. The van der Waals surface area contributed by atoms with Gasteiger partial charge in [0.2, 0.25) is 0 Å². The highest BCUT2D eigenvalue weighted by Gasteiger charge is 2.07. The molecule has 0 aliphatic rings. The third-order valence-corrected chi connectivity index (χ3v) is 3.40. The molecular weight excluding hydrogens is 324 g/mol. The van der Waals surface area contributed by atoms with Crippen LogP contribution in [0, 0.1) is 0 Å². The summed E-state index contributed by atoms with van der Waals surface area (Å²) in [6, 6.07) is 5.60. The Kier molecular flexibility index (Phi) is 7.40. The van der Waals surface area contributed by atoms with Gasteiger partial charge in [-0.25, -0.2) is 4.79 Å². The summed E-state index contributed by atoms with van der Waals surface area (Å²) in [6.07, 6.45) is 0.834. The number of halogens is 1. The van der Waals surface area contributed by atoms with Crippen LogP contribution in [-0.2, 0) is 6.42 Å². The van der Waals surface area contributed by atoms with Crippen LogP contribution in [0.4, 0.5) is 4.79 Å². The van der Waals surface area contributed by atoms with E-state index in [1.807, 2.05) is 18.2 Å². The first-order valence-corrected chi connectivity index (χ1v) is 7.35. The second kappa shape index (κ2) is 8.81. The van der Waals surface area contributed by atoms with Crippen molar-refractivity contribution in [2.24, 2.45) is 0 Å². The van der Waals surface area contributed by atoms with Crippen LogP contribution in [0.2, 0.25) is 0 Å². The summed E-state index contributed by atoms with van der Waals surface area (Å²) in [5.74, 6) is 0.795. The smallest absolute Gasteiger partial charge is 0.314 e. The Morgan fingerprint density at radius 2 is 2.10 bits per heavy atom. The van der Waals surface area contributed by atoms with Crippen LogP contribution in [0.3, 0.4) is 0 Å². The second-order valence-corrected chi connectivity index (χ2v) is 5.36. The predicted octanol–water partition coefficient (Wildman–Crippen LogP) is 2.07. The number of aliphatic hydroxyl groups is 1. The van der Waals surface area contributed by atoms with Gasteiger partial charge in [0.15, 0.2) is 0 Å². The summed E-state index contributed by atoms with van der Waals surface area (Å²) in [5.41, 5.74) is 1.03. The molecule has 1 rings (SSSR count). The monoisotopic (exact) mass is 344 g/mol. The van der Waals surface area contributed by atoms with E-state index in [9.17, 15) is 4.79 Å². The number of benzene rings is 1. The minimum Gasteiger partial charge on any atom is -0.495 e. The van der Waals surface area contributed by atoms with Crippen molar-refractivity contribution in [3.05, 3.63) is 28.2 Å². The van der Waals surface area contributed by atoms with Crippen molar-refractivity contribution in [2.75, 3.05) is 20.2 Å². The van der Waals surface area contributed by atoms with Gasteiger partial charge in [0.05, 0.1) is 17.7 Å².